The molecule has 0 amide bonds. The lowest BCUT2D eigenvalue weighted by Crippen LogP contribution is -2.02. The van der Waals surface area contributed by atoms with Crippen molar-refractivity contribution in [3.8, 4) is 11.5 Å². The standard InChI is InChI=1S/C17H15BrO4/c1-21-11-15(17(19)20)14-7-2-3-8-16(14)22-13-6-4-5-12(9-13)10-18/h2-9,11H,10H2,1H3,(H,19,20)/b15-11+. The summed E-state index contributed by atoms with van der Waals surface area (Å²) in [5.41, 5.74) is 1.57. The van der Waals surface area contributed by atoms with Gasteiger partial charge in [-0.05, 0) is 23.8 Å². The van der Waals surface area contributed by atoms with Gasteiger partial charge in [-0.15, -0.1) is 0 Å². The molecule has 0 fully saturated rings. The number of benzene rings is 2. The third-order valence-electron chi connectivity index (χ3n) is 2.92. The van der Waals surface area contributed by atoms with E-state index in [0.717, 1.165) is 10.9 Å². The molecule has 2 aromatic rings. The first-order chi connectivity index (χ1) is 10.7. The molecule has 0 atom stereocenters. The van der Waals surface area contributed by atoms with E-state index in [4.69, 9.17) is 9.47 Å². The fourth-order valence-corrected chi connectivity index (χ4v) is 2.29. The summed E-state index contributed by atoms with van der Waals surface area (Å²) in [4.78, 5) is 11.4. The molecule has 0 aliphatic carbocycles. The number of alkyl halides is 1. The average molecular weight is 363 g/mol. The van der Waals surface area contributed by atoms with E-state index in [2.05, 4.69) is 15.9 Å². The van der Waals surface area contributed by atoms with Gasteiger partial charge in [0.25, 0.3) is 0 Å². The minimum Gasteiger partial charge on any atom is -0.503 e. The molecule has 0 heterocycles. The van der Waals surface area contributed by atoms with Crippen molar-refractivity contribution in [3.05, 3.63) is 65.9 Å². The summed E-state index contributed by atoms with van der Waals surface area (Å²) in [5, 5.41) is 10.0. The number of carboxylic acid groups (broad SMARTS) is 1. The molecule has 0 saturated heterocycles. The normalized spacial score (nSPS) is 11.1. The van der Waals surface area contributed by atoms with Crippen LogP contribution in [0, 0.1) is 0 Å². The molecule has 5 heteroatoms. The third-order valence-corrected chi connectivity index (χ3v) is 3.57. The molecule has 0 unspecified atom stereocenters. The Balaban J connectivity index is 2.39. The lowest BCUT2D eigenvalue weighted by Gasteiger charge is -2.12. The number of halogens is 1. The number of carbonyl (C=O) groups is 1. The van der Waals surface area contributed by atoms with Crippen molar-refractivity contribution in [2.24, 2.45) is 0 Å². The van der Waals surface area contributed by atoms with Crippen LogP contribution in [0.1, 0.15) is 11.1 Å². The molecule has 0 aliphatic rings. The molecule has 0 aromatic heterocycles. The maximum atomic E-state index is 11.4. The fourth-order valence-electron chi connectivity index (χ4n) is 1.94. The molecular weight excluding hydrogens is 348 g/mol. The summed E-state index contributed by atoms with van der Waals surface area (Å²) in [7, 11) is 1.41. The molecule has 2 rings (SSSR count). The van der Waals surface area contributed by atoms with E-state index >= 15 is 0 Å². The highest BCUT2D eigenvalue weighted by Gasteiger charge is 2.16. The zero-order chi connectivity index (χ0) is 15.9. The Morgan fingerprint density at radius 2 is 2.00 bits per heavy atom. The second-order valence-corrected chi connectivity index (χ2v) is 5.01. The summed E-state index contributed by atoms with van der Waals surface area (Å²) < 4.78 is 10.7. The largest absolute Gasteiger partial charge is 0.503 e. The zero-order valence-electron chi connectivity index (χ0n) is 12.0. The molecule has 22 heavy (non-hydrogen) atoms. The Hall–Kier alpha value is -2.27. The maximum Gasteiger partial charge on any atom is 0.339 e. The zero-order valence-corrected chi connectivity index (χ0v) is 13.5. The van der Waals surface area contributed by atoms with Gasteiger partial charge in [-0.2, -0.15) is 0 Å². The summed E-state index contributed by atoms with van der Waals surface area (Å²) in [5.74, 6) is 0.0265. The monoisotopic (exact) mass is 362 g/mol. The Kier molecular flexibility index (Phi) is 5.61. The van der Waals surface area contributed by atoms with Crippen molar-refractivity contribution >= 4 is 27.5 Å². The molecule has 1 N–H and O–H groups in total. The highest BCUT2D eigenvalue weighted by molar-refractivity contribution is 9.08. The van der Waals surface area contributed by atoms with Gasteiger partial charge in [-0.1, -0.05) is 46.3 Å². The van der Waals surface area contributed by atoms with Crippen LogP contribution in [-0.4, -0.2) is 18.2 Å². The fraction of sp³-hybridized carbons (Fsp3) is 0.118. The first-order valence-electron chi connectivity index (χ1n) is 6.54. The number of para-hydroxylation sites is 1. The van der Waals surface area contributed by atoms with E-state index in [1.54, 1.807) is 24.3 Å². The SMILES string of the molecule is CO/C=C(/C(=O)O)c1ccccc1Oc1cccc(CBr)c1. The number of aliphatic carboxylic acids is 1. The third kappa shape index (κ3) is 3.89. The van der Waals surface area contributed by atoms with E-state index in [1.165, 1.54) is 13.4 Å². The van der Waals surface area contributed by atoms with Gasteiger partial charge in [-0.25, -0.2) is 4.79 Å². The predicted octanol–water partition coefficient (Wildman–Crippen LogP) is 4.45. The number of hydrogen-bond acceptors (Lipinski definition) is 3. The minimum atomic E-state index is -1.08. The van der Waals surface area contributed by atoms with Crippen molar-refractivity contribution in [1.82, 2.24) is 0 Å². The van der Waals surface area contributed by atoms with E-state index in [1.807, 2.05) is 24.3 Å². The van der Waals surface area contributed by atoms with Crippen LogP contribution in [0.5, 0.6) is 11.5 Å². The number of rotatable bonds is 6. The van der Waals surface area contributed by atoms with E-state index in [9.17, 15) is 9.90 Å². The molecule has 2 aromatic carbocycles. The Morgan fingerprint density at radius 3 is 2.68 bits per heavy atom. The topological polar surface area (TPSA) is 55.8 Å². The molecule has 0 aliphatic heterocycles. The number of hydrogen-bond donors (Lipinski definition) is 1. The summed E-state index contributed by atoms with van der Waals surface area (Å²) >= 11 is 3.40. The van der Waals surface area contributed by atoms with Crippen molar-refractivity contribution in [2.75, 3.05) is 7.11 Å². The second-order valence-electron chi connectivity index (χ2n) is 4.45. The minimum absolute atomic E-state index is 0.0368. The lowest BCUT2D eigenvalue weighted by atomic mass is 10.1. The lowest BCUT2D eigenvalue weighted by molar-refractivity contribution is -0.130. The first-order valence-corrected chi connectivity index (χ1v) is 7.66. The summed E-state index contributed by atoms with van der Waals surface area (Å²) in [6.45, 7) is 0. The van der Waals surface area contributed by atoms with E-state index in [-0.39, 0.29) is 5.57 Å². The highest BCUT2D eigenvalue weighted by atomic mass is 79.9. The Morgan fingerprint density at radius 1 is 1.23 bits per heavy atom. The molecule has 0 bridgehead atoms. The van der Waals surface area contributed by atoms with Gasteiger partial charge >= 0.3 is 5.97 Å². The number of carboxylic acids is 1. The first kappa shape index (κ1) is 16.1. The van der Waals surface area contributed by atoms with Crippen molar-refractivity contribution in [3.63, 3.8) is 0 Å². The molecule has 4 nitrogen and oxygen atoms in total. The smallest absolute Gasteiger partial charge is 0.339 e. The Bertz CT molecular complexity index is 695. The van der Waals surface area contributed by atoms with Gasteiger partial charge < -0.3 is 14.6 Å². The van der Waals surface area contributed by atoms with Gasteiger partial charge in [0, 0.05) is 10.9 Å². The molecule has 0 saturated carbocycles. The summed E-state index contributed by atoms with van der Waals surface area (Å²) in [6, 6.07) is 14.5. The average Bonchev–Trinajstić information content (AvgIpc) is 2.53. The molecule has 0 radical (unpaired) electrons. The van der Waals surface area contributed by atoms with Crippen LogP contribution in [0.3, 0.4) is 0 Å². The quantitative estimate of drug-likeness (QED) is 0.468. The Labute approximate surface area is 137 Å². The molecule has 114 valence electrons. The van der Waals surface area contributed by atoms with Crippen LogP contribution in [0.4, 0.5) is 0 Å². The number of methoxy groups -OCH3 is 1. The van der Waals surface area contributed by atoms with Crippen LogP contribution in [0.2, 0.25) is 0 Å². The van der Waals surface area contributed by atoms with Gasteiger partial charge in [0.05, 0.1) is 13.4 Å². The van der Waals surface area contributed by atoms with Gasteiger partial charge in [0.15, 0.2) is 0 Å². The van der Waals surface area contributed by atoms with Gasteiger partial charge in [0.2, 0.25) is 0 Å². The molecule has 0 spiro atoms. The maximum absolute atomic E-state index is 11.4. The van der Waals surface area contributed by atoms with Gasteiger partial charge in [0.1, 0.15) is 17.1 Å². The molecular formula is C17H15BrO4. The van der Waals surface area contributed by atoms with Crippen LogP contribution >= 0.6 is 15.9 Å². The van der Waals surface area contributed by atoms with Crippen LogP contribution in [-0.2, 0) is 14.9 Å². The number of ether oxygens (including phenoxy) is 2. The second kappa shape index (κ2) is 7.66. The summed E-state index contributed by atoms with van der Waals surface area (Å²) in [6.07, 6.45) is 1.19. The van der Waals surface area contributed by atoms with Gasteiger partial charge in [-0.3, -0.25) is 0 Å². The predicted molar refractivity (Wildman–Crippen MR) is 88.2 cm³/mol. The highest BCUT2D eigenvalue weighted by Crippen LogP contribution is 2.31. The van der Waals surface area contributed by atoms with Crippen LogP contribution in [0.25, 0.3) is 5.57 Å². The van der Waals surface area contributed by atoms with E-state index in [0.29, 0.717) is 17.1 Å². The van der Waals surface area contributed by atoms with Crippen LogP contribution < -0.4 is 4.74 Å². The van der Waals surface area contributed by atoms with E-state index < -0.39 is 5.97 Å². The van der Waals surface area contributed by atoms with Crippen molar-refractivity contribution < 1.29 is 19.4 Å². The van der Waals surface area contributed by atoms with Crippen molar-refractivity contribution in [1.29, 1.82) is 0 Å². The van der Waals surface area contributed by atoms with Crippen LogP contribution in [0.15, 0.2) is 54.8 Å². The van der Waals surface area contributed by atoms with Crippen molar-refractivity contribution in [2.45, 2.75) is 5.33 Å².